The molecule has 0 aliphatic rings. The molecule has 7 nitrogen and oxygen atoms in total. The molecular formula is C24H19ClF3N3O4. The third kappa shape index (κ3) is 5.15. The molecule has 0 bridgehead atoms. The normalized spacial score (nSPS) is 11.1. The summed E-state index contributed by atoms with van der Waals surface area (Å²) in [6.07, 6.45) is -3.68. The molecule has 1 aromatic carbocycles. The van der Waals surface area contributed by atoms with Crippen LogP contribution < -0.4 is 0 Å². The Hall–Kier alpha value is -3.84. The number of rotatable bonds is 6. The number of esters is 2. The summed E-state index contributed by atoms with van der Waals surface area (Å²) in [6.45, 7) is 9.83. The second-order valence-corrected chi connectivity index (χ2v) is 7.68. The molecule has 0 saturated heterocycles. The highest BCUT2D eigenvalue weighted by atomic mass is 35.5. The SMILES string of the molecule is [C-]#[N+]c1ccc(-c2c(C(=O)OC)c(C(F)(F)F)n(Cc3cnc(Cl)c(C(=O)OCC)c3)c2C)cc1. The van der Waals surface area contributed by atoms with Crippen LogP contribution in [0.2, 0.25) is 5.15 Å². The van der Waals surface area contributed by atoms with Crippen LogP contribution in [0.5, 0.6) is 0 Å². The number of pyridine rings is 1. The standard InChI is InChI=1S/C24H19ClF3N3O4/c1-5-35-22(32)17-10-14(11-30-21(17)25)12-31-13(2)18(15-6-8-16(29-3)9-7-15)19(23(33)34-4)20(31)24(26,27)28/h6-11H,5,12H2,1-2,4H3. The molecule has 0 atom stereocenters. The van der Waals surface area contributed by atoms with Gasteiger partial charge in [-0.15, -0.1) is 0 Å². The highest BCUT2D eigenvalue weighted by Gasteiger charge is 2.43. The number of alkyl halides is 3. The van der Waals surface area contributed by atoms with Gasteiger partial charge in [0.25, 0.3) is 0 Å². The minimum absolute atomic E-state index is 0.0215. The first-order valence-corrected chi connectivity index (χ1v) is 10.6. The van der Waals surface area contributed by atoms with E-state index in [2.05, 4.69) is 9.83 Å². The zero-order chi connectivity index (χ0) is 25.9. The third-order valence-corrected chi connectivity index (χ3v) is 5.50. The maximum absolute atomic E-state index is 14.3. The summed E-state index contributed by atoms with van der Waals surface area (Å²) < 4.78 is 53.5. The first-order chi connectivity index (χ1) is 16.5. The van der Waals surface area contributed by atoms with E-state index in [0.29, 0.717) is 11.3 Å². The van der Waals surface area contributed by atoms with Crippen LogP contribution >= 0.6 is 11.6 Å². The molecule has 182 valence electrons. The van der Waals surface area contributed by atoms with Crippen LogP contribution in [0.4, 0.5) is 18.9 Å². The number of hydrogen-bond acceptors (Lipinski definition) is 5. The number of carbonyl (C=O) groups excluding carboxylic acids is 2. The van der Waals surface area contributed by atoms with E-state index in [1.807, 2.05) is 0 Å². The van der Waals surface area contributed by atoms with Crippen molar-refractivity contribution in [2.24, 2.45) is 0 Å². The fourth-order valence-corrected chi connectivity index (χ4v) is 3.88. The smallest absolute Gasteiger partial charge is 0.432 e. The monoisotopic (exact) mass is 505 g/mol. The Bertz CT molecular complexity index is 1330. The second kappa shape index (κ2) is 10.2. The van der Waals surface area contributed by atoms with Crippen LogP contribution in [0.1, 0.15) is 44.6 Å². The predicted octanol–water partition coefficient (Wildman–Crippen LogP) is 6.09. The van der Waals surface area contributed by atoms with E-state index in [0.717, 1.165) is 11.7 Å². The van der Waals surface area contributed by atoms with Gasteiger partial charge in [-0.05, 0) is 31.0 Å². The van der Waals surface area contributed by atoms with E-state index in [-0.39, 0.29) is 40.7 Å². The first kappa shape index (κ1) is 25.8. The Kier molecular flexibility index (Phi) is 7.51. The van der Waals surface area contributed by atoms with Crippen LogP contribution in [-0.4, -0.2) is 35.2 Å². The fourth-order valence-electron chi connectivity index (χ4n) is 3.70. The Morgan fingerprint density at radius 3 is 2.40 bits per heavy atom. The van der Waals surface area contributed by atoms with Gasteiger partial charge in [0.2, 0.25) is 0 Å². The van der Waals surface area contributed by atoms with E-state index >= 15 is 0 Å². The van der Waals surface area contributed by atoms with Crippen molar-refractivity contribution in [3.63, 3.8) is 0 Å². The molecule has 0 spiro atoms. The minimum Gasteiger partial charge on any atom is -0.465 e. The lowest BCUT2D eigenvalue weighted by Crippen LogP contribution is -2.19. The lowest BCUT2D eigenvalue weighted by Gasteiger charge is -2.15. The molecule has 0 fully saturated rings. The zero-order valence-electron chi connectivity index (χ0n) is 18.9. The average molecular weight is 506 g/mol. The van der Waals surface area contributed by atoms with Crippen LogP contribution in [0.3, 0.4) is 0 Å². The van der Waals surface area contributed by atoms with Gasteiger partial charge in [-0.3, -0.25) is 0 Å². The lowest BCUT2D eigenvalue weighted by molar-refractivity contribution is -0.144. The quantitative estimate of drug-likeness (QED) is 0.230. The number of ether oxygens (including phenoxy) is 2. The Balaban J connectivity index is 2.26. The van der Waals surface area contributed by atoms with Gasteiger partial charge in [0.05, 0.1) is 31.4 Å². The van der Waals surface area contributed by atoms with E-state index in [4.69, 9.17) is 27.6 Å². The molecule has 2 aromatic heterocycles. The highest BCUT2D eigenvalue weighted by molar-refractivity contribution is 6.32. The van der Waals surface area contributed by atoms with Crippen molar-refractivity contribution < 1.29 is 32.2 Å². The van der Waals surface area contributed by atoms with Crippen molar-refractivity contribution in [1.82, 2.24) is 9.55 Å². The summed E-state index contributed by atoms with van der Waals surface area (Å²) in [5.41, 5.74) is -0.977. The number of methoxy groups -OCH3 is 1. The number of hydrogen-bond donors (Lipinski definition) is 0. The summed E-state index contributed by atoms with van der Waals surface area (Å²) in [7, 11) is 0.996. The molecular weight excluding hydrogens is 487 g/mol. The van der Waals surface area contributed by atoms with Crippen molar-refractivity contribution in [1.29, 1.82) is 0 Å². The minimum atomic E-state index is -4.92. The highest BCUT2D eigenvalue weighted by Crippen LogP contribution is 2.42. The van der Waals surface area contributed by atoms with Crippen LogP contribution in [-0.2, 0) is 22.2 Å². The molecule has 11 heteroatoms. The summed E-state index contributed by atoms with van der Waals surface area (Å²) in [6, 6.07) is 7.13. The number of benzene rings is 1. The average Bonchev–Trinajstić information content (AvgIpc) is 3.12. The zero-order valence-corrected chi connectivity index (χ0v) is 19.6. The largest absolute Gasteiger partial charge is 0.465 e. The van der Waals surface area contributed by atoms with Crippen molar-refractivity contribution in [2.45, 2.75) is 26.6 Å². The van der Waals surface area contributed by atoms with E-state index in [1.165, 1.54) is 43.5 Å². The summed E-state index contributed by atoms with van der Waals surface area (Å²) in [5.74, 6) is -1.92. The second-order valence-electron chi connectivity index (χ2n) is 7.32. The molecule has 0 saturated carbocycles. The molecule has 2 heterocycles. The number of halogens is 4. The fraction of sp³-hybridized carbons (Fsp3) is 0.250. The van der Waals surface area contributed by atoms with Gasteiger partial charge in [-0.2, -0.15) is 13.2 Å². The molecule has 0 aliphatic heterocycles. The van der Waals surface area contributed by atoms with E-state index in [9.17, 15) is 22.8 Å². The van der Waals surface area contributed by atoms with Crippen molar-refractivity contribution in [3.05, 3.63) is 81.2 Å². The third-order valence-electron chi connectivity index (χ3n) is 5.20. The van der Waals surface area contributed by atoms with Gasteiger partial charge in [0.15, 0.2) is 5.69 Å². The Morgan fingerprint density at radius 2 is 1.86 bits per heavy atom. The molecule has 0 aliphatic carbocycles. The van der Waals surface area contributed by atoms with Crippen molar-refractivity contribution in [3.8, 4) is 11.1 Å². The number of aromatic nitrogens is 2. The molecule has 3 rings (SSSR count). The van der Waals surface area contributed by atoms with Gasteiger partial charge < -0.3 is 14.0 Å². The first-order valence-electron chi connectivity index (χ1n) is 10.2. The van der Waals surface area contributed by atoms with Gasteiger partial charge in [-0.1, -0.05) is 35.9 Å². The lowest BCUT2D eigenvalue weighted by atomic mass is 10.00. The van der Waals surface area contributed by atoms with Crippen molar-refractivity contribution in [2.75, 3.05) is 13.7 Å². The van der Waals surface area contributed by atoms with E-state index in [1.54, 1.807) is 6.92 Å². The maximum atomic E-state index is 14.3. The predicted molar refractivity (Wildman–Crippen MR) is 122 cm³/mol. The number of carbonyl (C=O) groups is 2. The Morgan fingerprint density at radius 1 is 1.20 bits per heavy atom. The van der Waals surface area contributed by atoms with Crippen LogP contribution in [0.25, 0.3) is 16.0 Å². The molecule has 0 amide bonds. The van der Waals surface area contributed by atoms with Crippen LogP contribution in [0, 0.1) is 13.5 Å². The van der Waals surface area contributed by atoms with Gasteiger partial charge in [-0.25, -0.2) is 19.4 Å². The van der Waals surface area contributed by atoms with Gasteiger partial charge in [0.1, 0.15) is 10.8 Å². The van der Waals surface area contributed by atoms with Gasteiger partial charge >= 0.3 is 18.1 Å². The summed E-state index contributed by atoms with van der Waals surface area (Å²) in [4.78, 5) is 32.0. The summed E-state index contributed by atoms with van der Waals surface area (Å²) in [5, 5.41) is -0.150. The molecule has 0 radical (unpaired) electrons. The van der Waals surface area contributed by atoms with Crippen LogP contribution in [0.15, 0.2) is 36.5 Å². The van der Waals surface area contributed by atoms with Crippen molar-refractivity contribution >= 4 is 29.2 Å². The maximum Gasteiger partial charge on any atom is 0.432 e. The Labute approximate surface area is 203 Å². The summed E-state index contributed by atoms with van der Waals surface area (Å²) >= 11 is 5.98. The van der Waals surface area contributed by atoms with Gasteiger partial charge in [0, 0.05) is 24.0 Å². The molecule has 35 heavy (non-hydrogen) atoms. The molecule has 3 aromatic rings. The van der Waals surface area contributed by atoms with E-state index < -0.39 is 29.4 Å². The molecule has 0 N–H and O–H groups in total. The topological polar surface area (TPSA) is 74.8 Å². The number of nitrogens with zero attached hydrogens (tertiary/aromatic N) is 3. The molecule has 0 unspecified atom stereocenters.